The van der Waals surface area contributed by atoms with Crippen molar-refractivity contribution in [3.8, 4) is 11.5 Å². The van der Waals surface area contributed by atoms with Crippen LogP contribution in [0.3, 0.4) is 0 Å². The second-order valence-corrected chi connectivity index (χ2v) is 4.93. The maximum atomic E-state index is 12.1. The van der Waals surface area contributed by atoms with Crippen LogP contribution in [-0.2, 0) is 0 Å². The Morgan fingerprint density at radius 2 is 2.05 bits per heavy atom. The predicted molar refractivity (Wildman–Crippen MR) is 68.6 cm³/mol. The minimum Gasteiger partial charge on any atom is -0.317 e. The van der Waals surface area contributed by atoms with Crippen molar-refractivity contribution in [2.24, 2.45) is 5.92 Å². The molecule has 0 radical (unpaired) electrons. The highest BCUT2D eigenvalue weighted by atomic mass is 16.7. The van der Waals surface area contributed by atoms with Crippen LogP contribution in [0.25, 0.3) is 11.5 Å². The lowest BCUT2D eigenvalue weighted by molar-refractivity contribution is 0.0812. The number of carbonyl (C=O) groups excluding carboxylic acids is 1. The lowest BCUT2D eigenvalue weighted by Gasteiger charge is -2.29. The molecule has 0 N–H and O–H groups in total. The summed E-state index contributed by atoms with van der Waals surface area (Å²) in [6, 6.07) is 1.77. The standard InChI is InChI=1S/C13H16N4O2/c1-10-3-7-16(8-4-10)13(18)19-17-9-6-15-12-11(17)2-5-14-12/h2,5-6,9-10H,3-4,7-8H2,1H3. The molecule has 3 aliphatic rings. The molecule has 6 nitrogen and oxygen atoms in total. The smallest absolute Gasteiger partial charge is 0.317 e. The summed E-state index contributed by atoms with van der Waals surface area (Å²) in [6.45, 7) is 3.72. The van der Waals surface area contributed by atoms with Gasteiger partial charge in [-0.1, -0.05) is 6.92 Å². The van der Waals surface area contributed by atoms with Crippen molar-refractivity contribution in [3.63, 3.8) is 0 Å². The Kier molecular flexibility index (Phi) is 3.06. The zero-order valence-electron chi connectivity index (χ0n) is 10.8. The van der Waals surface area contributed by atoms with Crippen molar-refractivity contribution in [1.82, 2.24) is 19.6 Å². The Hall–Kier alpha value is -2.11. The number of hydrogen-bond donors (Lipinski definition) is 0. The topological polar surface area (TPSA) is 60.2 Å². The van der Waals surface area contributed by atoms with Gasteiger partial charge in [-0.05, 0) is 24.8 Å². The Bertz CT molecular complexity index is 545. The largest absolute Gasteiger partial charge is 0.434 e. The van der Waals surface area contributed by atoms with E-state index in [-0.39, 0.29) is 6.09 Å². The molecule has 19 heavy (non-hydrogen) atoms. The third kappa shape index (κ3) is 2.38. The number of nitrogens with zero attached hydrogens (tertiary/aromatic N) is 4. The molecule has 0 bridgehead atoms. The van der Waals surface area contributed by atoms with Gasteiger partial charge >= 0.3 is 6.09 Å². The van der Waals surface area contributed by atoms with Crippen molar-refractivity contribution in [3.05, 3.63) is 24.7 Å². The molecular weight excluding hydrogens is 244 g/mol. The molecule has 3 heterocycles. The molecule has 0 saturated carbocycles. The summed E-state index contributed by atoms with van der Waals surface area (Å²) in [4.78, 5) is 27.4. The van der Waals surface area contributed by atoms with E-state index in [4.69, 9.17) is 4.84 Å². The summed E-state index contributed by atoms with van der Waals surface area (Å²) in [5.74, 6) is 1.26. The van der Waals surface area contributed by atoms with E-state index in [1.54, 1.807) is 29.6 Å². The molecular formula is C13H16N4O2. The molecule has 100 valence electrons. The number of carbonyl (C=O) groups is 1. The zero-order valence-corrected chi connectivity index (χ0v) is 10.8. The second-order valence-electron chi connectivity index (χ2n) is 4.93. The molecule has 3 aliphatic heterocycles. The van der Waals surface area contributed by atoms with Crippen LogP contribution in [0.1, 0.15) is 19.8 Å². The number of piperidine rings is 1. The molecule has 0 atom stereocenters. The summed E-state index contributed by atoms with van der Waals surface area (Å²) in [5, 5.41) is 0. The molecule has 1 saturated heterocycles. The monoisotopic (exact) mass is 260 g/mol. The van der Waals surface area contributed by atoms with Crippen LogP contribution in [0.2, 0.25) is 0 Å². The Labute approximate surface area is 111 Å². The fraction of sp³-hybridized carbons (Fsp3) is 0.462. The van der Waals surface area contributed by atoms with E-state index in [1.165, 1.54) is 4.73 Å². The number of rotatable bonds is 1. The fourth-order valence-corrected chi connectivity index (χ4v) is 2.25. The molecule has 3 rings (SSSR count). The van der Waals surface area contributed by atoms with Gasteiger partial charge in [-0.25, -0.2) is 14.8 Å². The quantitative estimate of drug-likeness (QED) is 0.782. The molecule has 0 spiro atoms. The number of likely N-dealkylation sites (tertiary alicyclic amines) is 1. The number of fused-ring (bicyclic) bond motifs is 1. The van der Waals surface area contributed by atoms with Crippen LogP contribution in [0.15, 0.2) is 24.7 Å². The van der Waals surface area contributed by atoms with Crippen LogP contribution < -0.4 is 4.84 Å². The molecule has 0 aliphatic carbocycles. The van der Waals surface area contributed by atoms with Gasteiger partial charge in [0.05, 0.1) is 6.20 Å². The zero-order chi connectivity index (χ0) is 13.2. The van der Waals surface area contributed by atoms with Crippen molar-refractivity contribution < 1.29 is 9.63 Å². The maximum absolute atomic E-state index is 12.1. The minimum absolute atomic E-state index is 0.314. The highest BCUT2D eigenvalue weighted by Crippen LogP contribution is 2.18. The van der Waals surface area contributed by atoms with Crippen molar-refractivity contribution in [2.75, 3.05) is 13.1 Å². The minimum atomic E-state index is -0.314. The van der Waals surface area contributed by atoms with E-state index >= 15 is 0 Å². The third-order valence-electron chi connectivity index (χ3n) is 3.51. The normalized spacial score (nSPS) is 16.8. The van der Waals surface area contributed by atoms with E-state index in [1.807, 2.05) is 0 Å². The Balaban J connectivity index is 1.71. The molecule has 1 amide bonds. The van der Waals surface area contributed by atoms with Crippen LogP contribution in [0.4, 0.5) is 4.79 Å². The van der Waals surface area contributed by atoms with Gasteiger partial charge in [-0.15, -0.1) is 0 Å². The lowest BCUT2D eigenvalue weighted by Crippen LogP contribution is -2.42. The lowest BCUT2D eigenvalue weighted by atomic mass is 10.00. The molecule has 0 aromatic heterocycles. The van der Waals surface area contributed by atoms with E-state index in [2.05, 4.69) is 16.9 Å². The number of aromatic nitrogens is 3. The molecule has 0 unspecified atom stereocenters. The second kappa shape index (κ2) is 4.87. The van der Waals surface area contributed by atoms with Gasteiger partial charge in [0.2, 0.25) is 0 Å². The molecule has 1 fully saturated rings. The van der Waals surface area contributed by atoms with Gasteiger partial charge < -0.3 is 9.74 Å². The van der Waals surface area contributed by atoms with Crippen LogP contribution in [0, 0.1) is 5.92 Å². The fourth-order valence-electron chi connectivity index (χ4n) is 2.25. The summed E-state index contributed by atoms with van der Waals surface area (Å²) < 4.78 is 1.43. The van der Waals surface area contributed by atoms with Crippen LogP contribution in [-0.4, -0.2) is 38.8 Å². The highest BCUT2D eigenvalue weighted by molar-refractivity contribution is 5.68. The van der Waals surface area contributed by atoms with Gasteiger partial charge in [0.15, 0.2) is 5.82 Å². The predicted octanol–water partition coefficient (Wildman–Crippen LogP) is 1.66. The number of amides is 1. The first-order chi connectivity index (χ1) is 9.24. The van der Waals surface area contributed by atoms with Crippen molar-refractivity contribution in [1.29, 1.82) is 0 Å². The van der Waals surface area contributed by atoms with Crippen molar-refractivity contribution in [2.45, 2.75) is 19.8 Å². The van der Waals surface area contributed by atoms with E-state index in [0.29, 0.717) is 17.4 Å². The van der Waals surface area contributed by atoms with Gasteiger partial charge in [-0.3, -0.25) is 0 Å². The van der Waals surface area contributed by atoms with Gasteiger partial charge in [0.1, 0.15) is 5.69 Å². The van der Waals surface area contributed by atoms with Gasteiger partial charge in [0.25, 0.3) is 0 Å². The van der Waals surface area contributed by atoms with E-state index in [9.17, 15) is 4.79 Å². The molecule has 0 aromatic carbocycles. The SMILES string of the molecule is CC1CCN(C(=O)On2ccnc3nccc2-3)CC1. The maximum Gasteiger partial charge on any atom is 0.434 e. The third-order valence-corrected chi connectivity index (χ3v) is 3.51. The summed E-state index contributed by atoms with van der Waals surface area (Å²) in [7, 11) is 0. The van der Waals surface area contributed by atoms with Crippen molar-refractivity contribution >= 4 is 6.09 Å². The first-order valence-electron chi connectivity index (χ1n) is 6.49. The average molecular weight is 260 g/mol. The summed E-state index contributed by atoms with van der Waals surface area (Å²) >= 11 is 0. The Morgan fingerprint density at radius 1 is 1.32 bits per heavy atom. The van der Waals surface area contributed by atoms with E-state index in [0.717, 1.165) is 25.9 Å². The summed E-state index contributed by atoms with van der Waals surface area (Å²) in [5.41, 5.74) is 0.696. The van der Waals surface area contributed by atoms with Crippen LogP contribution >= 0.6 is 0 Å². The van der Waals surface area contributed by atoms with Crippen LogP contribution in [0.5, 0.6) is 0 Å². The Morgan fingerprint density at radius 3 is 2.84 bits per heavy atom. The molecule has 6 heteroatoms. The average Bonchev–Trinajstić information content (AvgIpc) is 2.89. The number of hydrogen-bond acceptors (Lipinski definition) is 4. The summed E-state index contributed by atoms with van der Waals surface area (Å²) in [6.07, 6.45) is 6.58. The first-order valence-corrected chi connectivity index (χ1v) is 6.49. The molecule has 0 aromatic rings. The van der Waals surface area contributed by atoms with E-state index < -0.39 is 0 Å². The first kappa shape index (κ1) is 12.0. The van der Waals surface area contributed by atoms with Gasteiger partial charge in [0, 0.05) is 25.5 Å². The van der Waals surface area contributed by atoms with Gasteiger partial charge in [-0.2, -0.15) is 4.73 Å². The highest BCUT2D eigenvalue weighted by Gasteiger charge is 2.23.